The third-order valence-corrected chi connectivity index (χ3v) is 5.24. The molecule has 0 unspecified atom stereocenters. The van der Waals surface area contributed by atoms with Crippen molar-refractivity contribution in [2.24, 2.45) is 0 Å². The molecule has 1 amide bonds. The highest BCUT2D eigenvalue weighted by Crippen LogP contribution is 2.20. The van der Waals surface area contributed by atoms with Crippen LogP contribution in [0.2, 0.25) is 0 Å². The Balaban J connectivity index is 1.80. The molecule has 0 radical (unpaired) electrons. The molecule has 3 aromatic rings. The lowest BCUT2D eigenvalue weighted by Gasteiger charge is -2.12. The number of aromatic nitrogens is 1. The molecule has 0 saturated heterocycles. The smallest absolute Gasteiger partial charge is 0.343 e. The van der Waals surface area contributed by atoms with Crippen LogP contribution in [0.1, 0.15) is 10.4 Å². The standard InChI is InChI=1S/C19H16F3N3O3S/c20-19(21,22)13-23-18(26)14-5-3-8-17(11-14)29(27,28)24-15-6-4-7-16(12-15)25-9-1-2-10-25/h1-12,24H,13H2,(H,23,26). The summed E-state index contributed by atoms with van der Waals surface area (Å²) in [5.74, 6) is -1.02. The van der Waals surface area contributed by atoms with Gasteiger partial charge in [0.15, 0.2) is 0 Å². The van der Waals surface area contributed by atoms with Crippen LogP contribution in [0.25, 0.3) is 5.69 Å². The highest BCUT2D eigenvalue weighted by Gasteiger charge is 2.28. The first-order valence-corrected chi connectivity index (χ1v) is 9.84. The van der Waals surface area contributed by atoms with Crippen LogP contribution in [0.3, 0.4) is 0 Å². The fraction of sp³-hybridized carbons (Fsp3) is 0.105. The van der Waals surface area contributed by atoms with Gasteiger partial charge in [-0.2, -0.15) is 13.2 Å². The molecule has 152 valence electrons. The molecule has 0 aliphatic heterocycles. The van der Waals surface area contributed by atoms with E-state index >= 15 is 0 Å². The topological polar surface area (TPSA) is 80.2 Å². The van der Waals surface area contributed by atoms with E-state index in [2.05, 4.69) is 4.72 Å². The van der Waals surface area contributed by atoms with Gasteiger partial charge in [0.1, 0.15) is 6.54 Å². The number of nitrogens with one attached hydrogen (secondary N) is 2. The minimum atomic E-state index is -4.56. The Morgan fingerprint density at radius 1 is 0.966 bits per heavy atom. The molecule has 10 heteroatoms. The number of rotatable bonds is 6. The monoisotopic (exact) mass is 423 g/mol. The number of carbonyl (C=O) groups excluding carboxylic acids is 1. The number of benzene rings is 2. The molecule has 6 nitrogen and oxygen atoms in total. The summed E-state index contributed by atoms with van der Waals surface area (Å²) in [5, 5.41) is 1.71. The van der Waals surface area contributed by atoms with Crippen molar-refractivity contribution in [2.45, 2.75) is 11.1 Å². The predicted molar refractivity (Wildman–Crippen MR) is 101 cm³/mol. The Bertz CT molecular complexity index is 1110. The number of amides is 1. The van der Waals surface area contributed by atoms with Gasteiger partial charge in [-0.3, -0.25) is 9.52 Å². The first kappa shape index (κ1) is 20.5. The number of nitrogens with zero attached hydrogens (tertiary/aromatic N) is 1. The van der Waals surface area contributed by atoms with Crippen molar-refractivity contribution in [3.63, 3.8) is 0 Å². The molecule has 1 aromatic heterocycles. The van der Waals surface area contributed by atoms with Crippen LogP contribution in [0.5, 0.6) is 0 Å². The van der Waals surface area contributed by atoms with E-state index in [4.69, 9.17) is 0 Å². The largest absolute Gasteiger partial charge is 0.405 e. The lowest BCUT2D eigenvalue weighted by molar-refractivity contribution is -0.123. The van der Waals surface area contributed by atoms with Crippen molar-refractivity contribution in [1.29, 1.82) is 0 Å². The zero-order valence-corrected chi connectivity index (χ0v) is 15.7. The third kappa shape index (κ3) is 5.38. The molecular formula is C19H16F3N3O3S. The molecule has 2 aromatic carbocycles. The molecule has 0 fully saturated rings. The minimum Gasteiger partial charge on any atom is -0.343 e. The zero-order valence-electron chi connectivity index (χ0n) is 14.8. The lowest BCUT2D eigenvalue weighted by atomic mass is 10.2. The summed E-state index contributed by atoms with van der Waals surface area (Å²) >= 11 is 0. The van der Waals surface area contributed by atoms with Crippen molar-refractivity contribution >= 4 is 21.6 Å². The van der Waals surface area contributed by atoms with Gasteiger partial charge >= 0.3 is 6.18 Å². The maximum Gasteiger partial charge on any atom is 0.405 e. The number of sulfonamides is 1. The summed E-state index contributed by atoms with van der Waals surface area (Å²) in [6.45, 7) is -1.51. The van der Waals surface area contributed by atoms with Gasteiger partial charge in [-0.15, -0.1) is 0 Å². The quantitative estimate of drug-likeness (QED) is 0.636. The van der Waals surface area contributed by atoms with Crippen LogP contribution in [0.15, 0.2) is 78.0 Å². The average Bonchev–Trinajstić information content (AvgIpc) is 3.20. The van der Waals surface area contributed by atoms with Crippen LogP contribution in [0.4, 0.5) is 18.9 Å². The number of halogens is 3. The van der Waals surface area contributed by atoms with Gasteiger partial charge in [-0.1, -0.05) is 12.1 Å². The van der Waals surface area contributed by atoms with Gasteiger partial charge in [-0.05, 0) is 48.5 Å². The van der Waals surface area contributed by atoms with E-state index in [0.29, 0.717) is 5.69 Å². The van der Waals surface area contributed by atoms with Gasteiger partial charge in [0.2, 0.25) is 0 Å². The second kappa shape index (κ2) is 8.00. The van der Waals surface area contributed by atoms with Crippen molar-refractivity contribution in [2.75, 3.05) is 11.3 Å². The molecule has 0 spiro atoms. The van der Waals surface area contributed by atoms with Crippen LogP contribution in [-0.2, 0) is 10.0 Å². The van der Waals surface area contributed by atoms with Crippen molar-refractivity contribution in [3.05, 3.63) is 78.6 Å². The normalized spacial score (nSPS) is 11.8. The molecule has 0 atom stereocenters. The number of hydrogen-bond donors (Lipinski definition) is 2. The van der Waals surface area contributed by atoms with E-state index in [1.165, 1.54) is 18.2 Å². The molecule has 0 aliphatic carbocycles. The van der Waals surface area contributed by atoms with E-state index in [1.807, 2.05) is 12.1 Å². The molecule has 29 heavy (non-hydrogen) atoms. The van der Waals surface area contributed by atoms with Crippen LogP contribution in [-0.4, -0.2) is 31.6 Å². The third-order valence-electron chi connectivity index (χ3n) is 3.86. The van der Waals surface area contributed by atoms with Crippen LogP contribution in [0, 0.1) is 0 Å². The summed E-state index contributed by atoms with van der Waals surface area (Å²) < 4.78 is 66.3. The lowest BCUT2D eigenvalue weighted by Crippen LogP contribution is -2.33. The first-order valence-electron chi connectivity index (χ1n) is 8.35. The van der Waals surface area contributed by atoms with Gasteiger partial charge in [0.05, 0.1) is 10.6 Å². The molecular weight excluding hydrogens is 407 g/mol. The van der Waals surface area contributed by atoms with E-state index in [9.17, 15) is 26.4 Å². The number of anilines is 1. The molecule has 0 aliphatic rings. The van der Waals surface area contributed by atoms with Crippen molar-refractivity contribution in [3.8, 4) is 5.69 Å². The Hall–Kier alpha value is -3.27. The Morgan fingerprint density at radius 3 is 2.34 bits per heavy atom. The van der Waals surface area contributed by atoms with Crippen LogP contribution < -0.4 is 10.0 Å². The Kier molecular flexibility index (Phi) is 5.64. The summed E-state index contributed by atoms with van der Waals surface area (Å²) in [5.41, 5.74) is 0.830. The van der Waals surface area contributed by atoms with E-state index in [1.54, 1.807) is 46.5 Å². The van der Waals surface area contributed by atoms with Gasteiger partial charge in [0, 0.05) is 23.6 Å². The van der Waals surface area contributed by atoms with E-state index in [0.717, 1.165) is 11.8 Å². The van der Waals surface area contributed by atoms with E-state index in [-0.39, 0.29) is 10.5 Å². The summed E-state index contributed by atoms with van der Waals surface area (Å²) in [4.78, 5) is 11.6. The molecule has 1 heterocycles. The predicted octanol–water partition coefficient (Wildman–Crippen LogP) is 3.57. The van der Waals surface area contributed by atoms with Crippen LogP contribution >= 0.6 is 0 Å². The van der Waals surface area contributed by atoms with Crippen molar-refractivity contribution < 1.29 is 26.4 Å². The summed E-state index contributed by atoms with van der Waals surface area (Å²) in [6, 6.07) is 15.1. The van der Waals surface area contributed by atoms with Gasteiger partial charge < -0.3 is 9.88 Å². The molecule has 0 saturated carbocycles. The summed E-state index contributed by atoms with van der Waals surface area (Å²) in [7, 11) is -4.06. The van der Waals surface area contributed by atoms with Gasteiger partial charge in [-0.25, -0.2) is 8.42 Å². The Labute approximate surface area is 165 Å². The van der Waals surface area contributed by atoms with Crippen molar-refractivity contribution in [1.82, 2.24) is 9.88 Å². The molecule has 0 bridgehead atoms. The fourth-order valence-corrected chi connectivity index (χ4v) is 3.63. The zero-order chi connectivity index (χ0) is 21.1. The fourth-order valence-electron chi connectivity index (χ4n) is 2.54. The maximum atomic E-state index is 12.7. The Morgan fingerprint density at radius 2 is 1.66 bits per heavy atom. The summed E-state index contributed by atoms with van der Waals surface area (Å²) in [6.07, 6.45) is -0.959. The van der Waals surface area contributed by atoms with Gasteiger partial charge in [0.25, 0.3) is 15.9 Å². The molecule has 3 rings (SSSR count). The second-order valence-corrected chi connectivity index (χ2v) is 7.75. The highest BCUT2D eigenvalue weighted by molar-refractivity contribution is 7.92. The van der Waals surface area contributed by atoms with E-state index < -0.39 is 28.7 Å². The number of alkyl halides is 3. The SMILES string of the molecule is O=C(NCC(F)(F)F)c1cccc(S(=O)(=O)Nc2cccc(-n3cccc3)c2)c1. The number of hydrogen-bond acceptors (Lipinski definition) is 3. The first-order chi connectivity index (χ1) is 13.6. The average molecular weight is 423 g/mol. The highest BCUT2D eigenvalue weighted by atomic mass is 32.2. The second-order valence-electron chi connectivity index (χ2n) is 6.07. The maximum absolute atomic E-state index is 12.7. The minimum absolute atomic E-state index is 0.196. The number of carbonyl (C=O) groups is 1. The molecule has 2 N–H and O–H groups in total.